The van der Waals surface area contributed by atoms with Gasteiger partial charge in [0, 0.05) is 41.7 Å². The summed E-state index contributed by atoms with van der Waals surface area (Å²) < 4.78 is 21.5. The van der Waals surface area contributed by atoms with Gasteiger partial charge in [-0.2, -0.15) is 0 Å². The maximum Gasteiger partial charge on any atom is 0.252 e. The Morgan fingerprint density at radius 3 is 2.64 bits per heavy atom. The van der Waals surface area contributed by atoms with E-state index in [0.29, 0.717) is 23.4 Å². The molecule has 12 heteroatoms. The van der Waals surface area contributed by atoms with Gasteiger partial charge in [0.1, 0.15) is 23.7 Å². The van der Waals surface area contributed by atoms with Crippen molar-refractivity contribution in [1.82, 2.24) is 9.88 Å². The number of aromatic nitrogens is 1. The second-order valence-corrected chi connectivity index (χ2v) is 13.1. The van der Waals surface area contributed by atoms with Gasteiger partial charge in [-0.1, -0.05) is 44.5 Å². The molecule has 4 heterocycles. The van der Waals surface area contributed by atoms with Crippen LogP contribution in [0.15, 0.2) is 54.9 Å². The Hall–Kier alpha value is -4.06. The number of halogens is 2. The predicted molar refractivity (Wildman–Crippen MR) is 162 cm³/mol. The number of pyridine rings is 1. The Bertz CT molecular complexity index is 1700. The van der Waals surface area contributed by atoms with Crippen LogP contribution in [0.4, 0.5) is 15.8 Å². The minimum Gasteiger partial charge on any atom is -0.496 e. The van der Waals surface area contributed by atoms with Gasteiger partial charge >= 0.3 is 0 Å². The molecule has 2 fully saturated rings. The van der Waals surface area contributed by atoms with Gasteiger partial charge in [0.25, 0.3) is 5.91 Å². The highest BCUT2D eigenvalue weighted by Crippen LogP contribution is 2.62. The Morgan fingerprint density at radius 2 is 1.98 bits per heavy atom. The number of fused-ring (bicyclic) bond motifs is 3. The molecule has 44 heavy (non-hydrogen) atoms. The molecule has 0 unspecified atom stereocenters. The van der Waals surface area contributed by atoms with Crippen molar-refractivity contribution in [2.75, 3.05) is 30.3 Å². The molecule has 0 aliphatic carbocycles. The molecule has 0 saturated carbocycles. The van der Waals surface area contributed by atoms with Crippen molar-refractivity contribution >= 4 is 40.7 Å². The van der Waals surface area contributed by atoms with Gasteiger partial charge in [0.15, 0.2) is 0 Å². The van der Waals surface area contributed by atoms with E-state index in [4.69, 9.17) is 22.1 Å². The second kappa shape index (κ2) is 10.5. The zero-order chi connectivity index (χ0) is 31.7. The van der Waals surface area contributed by atoms with E-state index in [9.17, 15) is 19.5 Å². The fourth-order valence-corrected chi connectivity index (χ4v) is 7.60. The number of amides is 3. The normalized spacial score (nSPS) is 24.8. The third kappa shape index (κ3) is 4.21. The summed E-state index contributed by atoms with van der Waals surface area (Å²) in [5.74, 6) is -2.99. The third-order valence-electron chi connectivity index (χ3n) is 9.07. The summed E-state index contributed by atoms with van der Waals surface area (Å²) in [5, 5.41) is 10.3. The number of aliphatic hydroxyl groups excluding tert-OH is 1. The number of carbonyl (C=O) groups excluding carboxylic acids is 3. The maximum atomic E-state index is 16.1. The molecule has 2 aromatic carbocycles. The molecule has 3 aromatic rings. The van der Waals surface area contributed by atoms with Crippen molar-refractivity contribution in [2.24, 2.45) is 11.1 Å². The molecule has 4 atom stereocenters. The first-order chi connectivity index (χ1) is 20.9. The highest BCUT2D eigenvalue weighted by molar-refractivity contribution is 6.30. The number of rotatable bonds is 6. The lowest BCUT2D eigenvalue weighted by molar-refractivity contribution is -0.125. The van der Waals surface area contributed by atoms with E-state index >= 15 is 4.39 Å². The van der Waals surface area contributed by atoms with Crippen molar-refractivity contribution in [3.05, 3.63) is 82.4 Å². The second-order valence-electron chi connectivity index (χ2n) is 12.7. The standard InChI is InChI=1S/C32H33ClFN5O5/c1-31(2,3)13-24-32(20-14-36-11-10-22(20)39(16-40)30(32)43)25(19-6-5-7-21(33)26(19)34)27-29(42)37(15-38(24)27)17-8-9-18(28(35)41)23(12-17)44-4/h5-12,14,24-25,27,40H,13,15-16H2,1-4H3,(H2,35,41)/t24-,25-,27+,32+/m0/s1. The molecule has 3 aliphatic heterocycles. The van der Waals surface area contributed by atoms with Gasteiger partial charge in [-0.15, -0.1) is 0 Å². The van der Waals surface area contributed by atoms with Crippen LogP contribution in [0.3, 0.4) is 0 Å². The lowest BCUT2D eigenvalue weighted by Crippen LogP contribution is -2.54. The van der Waals surface area contributed by atoms with Crippen LogP contribution in [0.1, 0.15) is 54.6 Å². The lowest BCUT2D eigenvalue weighted by Gasteiger charge is -2.40. The monoisotopic (exact) mass is 621 g/mol. The number of ether oxygens (including phenoxy) is 1. The van der Waals surface area contributed by atoms with Gasteiger partial charge in [0.05, 0.1) is 36.1 Å². The van der Waals surface area contributed by atoms with E-state index in [1.807, 2.05) is 25.7 Å². The molecule has 6 rings (SSSR count). The average Bonchev–Trinajstić information content (AvgIpc) is 3.55. The van der Waals surface area contributed by atoms with Crippen molar-refractivity contribution < 1.29 is 28.6 Å². The zero-order valence-corrected chi connectivity index (χ0v) is 25.5. The molecule has 1 aromatic heterocycles. The maximum absolute atomic E-state index is 16.1. The quantitative estimate of drug-likeness (QED) is 0.428. The topological polar surface area (TPSA) is 129 Å². The molecule has 0 radical (unpaired) electrons. The van der Waals surface area contributed by atoms with Crippen molar-refractivity contribution in [3.63, 3.8) is 0 Å². The molecule has 3 aliphatic rings. The number of benzene rings is 2. The molecule has 230 valence electrons. The Labute approximate surface area is 259 Å². The van der Waals surface area contributed by atoms with Crippen LogP contribution < -0.4 is 20.3 Å². The van der Waals surface area contributed by atoms with E-state index in [2.05, 4.69) is 4.98 Å². The fourth-order valence-electron chi connectivity index (χ4n) is 7.41. The van der Waals surface area contributed by atoms with Crippen LogP contribution in [0.5, 0.6) is 5.75 Å². The number of anilines is 2. The molecule has 3 amide bonds. The Morgan fingerprint density at radius 1 is 1.23 bits per heavy atom. The smallest absolute Gasteiger partial charge is 0.252 e. The van der Waals surface area contributed by atoms with Crippen molar-refractivity contribution in [2.45, 2.75) is 50.6 Å². The number of hydrogen-bond acceptors (Lipinski definition) is 7. The molecule has 2 saturated heterocycles. The summed E-state index contributed by atoms with van der Waals surface area (Å²) in [6, 6.07) is 9.34. The summed E-state index contributed by atoms with van der Waals surface area (Å²) >= 11 is 6.32. The highest BCUT2D eigenvalue weighted by atomic mass is 35.5. The van der Waals surface area contributed by atoms with Gasteiger partial charge in [-0.05, 0) is 41.7 Å². The first-order valence-electron chi connectivity index (χ1n) is 14.2. The molecular weight excluding hydrogens is 589 g/mol. The third-order valence-corrected chi connectivity index (χ3v) is 9.36. The Balaban J connectivity index is 1.61. The minimum absolute atomic E-state index is 0.0752. The van der Waals surface area contributed by atoms with Crippen molar-refractivity contribution in [3.8, 4) is 5.75 Å². The van der Waals surface area contributed by atoms with Crippen LogP contribution in [0.2, 0.25) is 5.02 Å². The van der Waals surface area contributed by atoms with Crippen molar-refractivity contribution in [1.29, 1.82) is 0 Å². The molecular formula is C32H33ClFN5O5. The van der Waals surface area contributed by atoms with Gasteiger partial charge in [-0.3, -0.25) is 34.1 Å². The van der Waals surface area contributed by atoms with Gasteiger partial charge in [0.2, 0.25) is 11.8 Å². The number of primary amides is 1. The average molecular weight is 622 g/mol. The SMILES string of the molecule is COc1cc(N2CN3[C@@H](CC(C)(C)C)[C@@]4(C(=O)N(CO)c5ccncc54)[C@@H](c4cccc(Cl)c4F)[C@@H]3C2=O)ccc1C(N)=O. The first-order valence-corrected chi connectivity index (χ1v) is 14.6. The summed E-state index contributed by atoms with van der Waals surface area (Å²) in [6.07, 6.45) is 3.58. The number of hydrogen-bond donors (Lipinski definition) is 2. The van der Waals surface area contributed by atoms with E-state index in [0.717, 1.165) is 0 Å². The zero-order valence-electron chi connectivity index (χ0n) is 24.8. The number of nitrogens with two attached hydrogens (primary N) is 1. The van der Waals surface area contributed by atoms with Crippen LogP contribution in [0, 0.1) is 11.2 Å². The molecule has 1 spiro atoms. The number of aliphatic hydroxyl groups is 1. The van der Waals surface area contributed by atoms with E-state index in [1.54, 1.807) is 41.4 Å². The van der Waals surface area contributed by atoms with Gasteiger partial charge < -0.3 is 15.6 Å². The summed E-state index contributed by atoms with van der Waals surface area (Å²) in [4.78, 5) is 50.4. The summed E-state index contributed by atoms with van der Waals surface area (Å²) in [5.41, 5.74) is 5.45. The van der Waals surface area contributed by atoms with Crippen LogP contribution in [-0.2, 0) is 15.0 Å². The lowest BCUT2D eigenvalue weighted by atomic mass is 9.62. The van der Waals surface area contributed by atoms with Crippen LogP contribution >= 0.6 is 11.6 Å². The number of carbonyl (C=O) groups is 3. The Kier molecular flexibility index (Phi) is 7.18. The van der Waals surface area contributed by atoms with Gasteiger partial charge in [-0.25, -0.2) is 4.39 Å². The number of nitrogens with zero attached hydrogens (tertiary/aromatic N) is 4. The first kappa shape index (κ1) is 30.0. The summed E-state index contributed by atoms with van der Waals surface area (Å²) in [6.45, 7) is 5.60. The number of methoxy groups -OCH3 is 1. The van der Waals surface area contributed by atoms with E-state index in [-0.39, 0.29) is 39.9 Å². The minimum atomic E-state index is -1.47. The predicted octanol–water partition coefficient (Wildman–Crippen LogP) is 3.79. The molecule has 10 nitrogen and oxygen atoms in total. The van der Waals surface area contributed by atoms with E-state index < -0.39 is 47.8 Å². The van der Waals surface area contributed by atoms with E-state index in [1.165, 1.54) is 30.3 Å². The molecule has 0 bridgehead atoms. The molecule has 3 N–H and O–H groups in total. The van der Waals surface area contributed by atoms with Crippen LogP contribution in [-0.4, -0.2) is 65.3 Å². The van der Waals surface area contributed by atoms with Crippen LogP contribution in [0.25, 0.3) is 0 Å². The summed E-state index contributed by atoms with van der Waals surface area (Å²) in [7, 11) is 1.40. The highest BCUT2D eigenvalue weighted by Gasteiger charge is 2.72. The largest absolute Gasteiger partial charge is 0.496 e. The fraction of sp³-hybridized carbons (Fsp3) is 0.375.